The molecule has 0 spiro atoms. The number of aromatic nitrogens is 4. The van der Waals surface area contributed by atoms with Gasteiger partial charge in [0.25, 0.3) is 0 Å². The Morgan fingerprint density at radius 2 is 1.84 bits per heavy atom. The lowest BCUT2D eigenvalue weighted by atomic mass is 10.0. The summed E-state index contributed by atoms with van der Waals surface area (Å²) in [6.07, 6.45) is -5.10. The Balaban J connectivity index is 1.71. The molecule has 1 aliphatic rings. The standard InChI is InChI=1S/C19H15ClF3N7O2/c1-12-24-27-30(25-12)16-11-28(26-17(16)13-7-9-14(20)10-8-13)18(31)29(32-19(21,22)23)15-5-3-2-4-6-15/h2-10,16H,11H2,1H3. The van der Waals surface area contributed by atoms with E-state index in [0.29, 0.717) is 22.1 Å². The average molecular weight is 466 g/mol. The zero-order chi connectivity index (χ0) is 22.9. The SMILES string of the molecule is Cc1nnn(C2CN(C(=O)N(OC(F)(F)F)c3ccccc3)N=C2c2ccc(Cl)cc2)n1. The maximum absolute atomic E-state index is 13.1. The fourth-order valence-corrected chi connectivity index (χ4v) is 3.19. The summed E-state index contributed by atoms with van der Waals surface area (Å²) in [6, 6.07) is 11.9. The molecule has 2 heterocycles. The number of benzene rings is 2. The maximum atomic E-state index is 13.1. The summed E-state index contributed by atoms with van der Waals surface area (Å²) < 4.78 is 39.1. The van der Waals surface area contributed by atoms with Crippen molar-refractivity contribution in [3.05, 3.63) is 71.0 Å². The van der Waals surface area contributed by atoms with Gasteiger partial charge >= 0.3 is 12.4 Å². The van der Waals surface area contributed by atoms with Crippen LogP contribution in [0.5, 0.6) is 0 Å². The minimum Gasteiger partial charge on any atom is -0.244 e. The van der Waals surface area contributed by atoms with Crippen molar-refractivity contribution in [2.45, 2.75) is 19.3 Å². The Hall–Kier alpha value is -3.51. The summed E-state index contributed by atoms with van der Waals surface area (Å²) in [4.78, 5) is 18.3. The normalized spacial score (nSPS) is 16.2. The molecule has 4 rings (SSSR count). The van der Waals surface area contributed by atoms with Crippen LogP contribution in [0.3, 0.4) is 0 Å². The second-order valence-electron chi connectivity index (χ2n) is 6.70. The highest BCUT2D eigenvalue weighted by atomic mass is 35.5. The van der Waals surface area contributed by atoms with Gasteiger partial charge in [0.1, 0.15) is 6.04 Å². The summed E-state index contributed by atoms with van der Waals surface area (Å²) in [5.41, 5.74) is 0.830. The van der Waals surface area contributed by atoms with Crippen molar-refractivity contribution in [2.75, 3.05) is 11.6 Å². The molecular formula is C19H15ClF3N7O2. The third-order valence-corrected chi connectivity index (χ3v) is 4.67. The van der Waals surface area contributed by atoms with E-state index in [4.69, 9.17) is 11.6 Å². The molecule has 1 aromatic heterocycles. The van der Waals surface area contributed by atoms with Gasteiger partial charge in [0, 0.05) is 10.6 Å². The number of carbonyl (C=O) groups excluding carboxylic acids is 1. The number of anilines is 1. The second-order valence-corrected chi connectivity index (χ2v) is 7.13. The average Bonchev–Trinajstić information content (AvgIpc) is 3.38. The van der Waals surface area contributed by atoms with Crippen LogP contribution in [-0.2, 0) is 4.84 Å². The maximum Gasteiger partial charge on any atom is 0.544 e. The van der Waals surface area contributed by atoms with E-state index in [9.17, 15) is 18.0 Å². The molecule has 0 bridgehead atoms. The van der Waals surface area contributed by atoms with Crippen LogP contribution in [-0.4, -0.2) is 49.9 Å². The Kier molecular flexibility index (Phi) is 5.80. The van der Waals surface area contributed by atoms with Gasteiger partial charge in [-0.1, -0.05) is 41.9 Å². The lowest BCUT2D eigenvalue weighted by Crippen LogP contribution is -2.44. The van der Waals surface area contributed by atoms with Crippen LogP contribution in [0, 0.1) is 6.92 Å². The highest BCUT2D eigenvalue weighted by molar-refractivity contribution is 6.30. The number of nitrogens with zero attached hydrogens (tertiary/aromatic N) is 7. The van der Waals surface area contributed by atoms with Gasteiger partial charge in [0.05, 0.1) is 17.9 Å². The van der Waals surface area contributed by atoms with Crippen LogP contribution < -0.4 is 5.06 Å². The molecule has 0 saturated heterocycles. The number of hydroxylamine groups is 1. The number of rotatable bonds is 4. The molecule has 0 N–H and O–H groups in total. The van der Waals surface area contributed by atoms with Gasteiger partial charge in [-0.15, -0.1) is 23.4 Å². The molecule has 13 heteroatoms. The first-order chi connectivity index (χ1) is 15.2. The van der Waals surface area contributed by atoms with Gasteiger partial charge in [-0.25, -0.2) is 9.80 Å². The molecule has 1 atom stereocenters. The fraction of sp³-hybridized carbons (Fsp3) is 0.211. The number of urea groups is 1. The first kappa shape index (κ1) is 21.7. The van der Waals surface area contributed by atoms with Gasteiger partial charge in [-0.2, -0.15) is 19.8 Å². The number of carbonyl (C=O) groups is 1. The van der Waals surface area contributed by atoms with Crippen LogP contribution >= 0.6 is 11.6 Å². The molecule has 9 nitrogen and oxygen atoms in total. The van der Waals surface area contributed by atoms with E-state index in [0.717, 1.165) is 5.01 Å². The molecule has 0 aliphatic carbocycles. The van der Waals surface area contributed by atoms with Crippen LogP contribution in [0.1, 0.15) is 17.4 Å². The monoisotopic (exact) mass is 465 g/mol. The van der Waals surface area contributed by atoms with Crippen LogP contribution in [0.15, 0.2) is 59.7 Å². The van der Waals surface area contributed by atoms with E-state index >= 15 is 0 Å². The Labute approximate surface area is 184 Å². The van der Waals surface area contributed by atoms with Crippen molar-refractivity contribution in [2.24, 2.45) is 5.10 Å². The molecule has 32 heavy (non-hydrogen) atoms. The number of tetrazole rings is 1. The molecule has 1 aliphatic heterocycles. The van der Waals surface area contributed by atoms with E-state index < -0.39 is 18.4 Å². The van der Waals surface area contributed by atoms with Crippen LogP contribution in [0.25, 0.3) is 0 Å². The number of para-hydroxylation sites is 1. The number of halogens is 4. The number of hydrogen-bond donors (Lipinski definition) is 0. The fourth-order valence-electron chi connectivity index (χ4n) is 3.07. The molecule has 2 amide bonds. The van der Waals surface area contributed by atoms with Crippen molar-refractivity contribution in [1.29, 1.82) is 0 Å². The number of hydrazone groups is 1. The Morgan fingerprint density at radius 1 is 1.16 bits per heavy atom. The van der Waals surface area contributed by atoms with Gasteiger partial charge < -0.3 is 0 Å². The van der Waals surface area contributed by atoms with E-state index in [-0.39, 0.29) is 17.3 Å². The molecule has 2 aromatic carbocycles. The number of aryl methyl sites for hydroxylation is 1. The van der Waals surface area contributed by atoms with Crippen LogP contribution in [0.4, 0.5) is 23.7 Å². The van der Waals surface area contributed by atoms with Gasteiger partial charge in [-0.3, -0.25) is 0 Å². The number of amides is 2. The minimum atomic E-state index is -5.10. The van der Waals surface area contributed by atoms with Crippen molar-refractivity contribution in [1.82, 2.24) is 25.2 Å². The summed E-state index contributed by atoms with van der Waals surface area (Å²) >= 11 is 5.95. The largest absolute Gasteiger partial charge is 0.544 e. The number of hydrogen-bond acceptors (Lipinski definition) is 6. The van der Waals surface area contributed by atoms with Crippen LogP contribution in [0.2, 0.25) is 5.02 Å². The van der Waals surface area contributed by atoms with E-state index in [1.54, 1.807) is 37.3 Å². The summed E-state index contributed by atoms with van der Waals surface area (Å²) in [6.45, 7) is 1.49. The van der Waals surface area contributed by atoms with E-state index in [2.05, 4.69) is 25.3 Å². The second kappa shape index (κ2) is 8.55. The quantitative estimate of drug-likeness (QED) is 0.544. The summed E-state index contributed by atoms with van der Waals surface area (Å²) in [7, 11) is 0. The third kappa shape index (κ3) is 4.70. The molecule has 1 unspecified atom stereocenters. The predicted molar refractivity (Wildman–Crippen MR) is 108 cm³/mol. The smallest absolute Gasteiger partial charge is 0.244 e. The van der Waals surface area contributed by atoms with Gasteiger partial charge in [0.2, 0.25) is 0 Å². The molecule has 3 aromatic rings. The lowest BCUT2D eigenvalue weighted by Gasteiger charge is -2.25. The first-order valence-corrected chi connectivity index (χ1v) is 9.62. The highest BCUT2D eigenvalue weighted by Crippen LogP contribution is 2.29. The molecule has 0 saturated carbocycles. The molecule has 0 radical (unpaired) electrons. The Bertz CT molecular complexity index is 1140. The van der Waals surface area contributed by atoms with Crippen molar-refractivity contribution >= 4 is 29.0 Å². The molecular weight excluding hydrogens is 451 g/mol. The summed E-state index contributed by atoms with van der Waals surface area (Å²) in [5, 5.41) is 17.7. The Morgan fingerprint density at radius 3 is 2.44 bits per heavy atom. The minimum absolute atomic E-state index is 0.115. The van der Waals surface area contributed by atoms with Crippen molar-refractivity contribution < 1.29 is 22.8 Å². The van der Waals surface area contributed by atoms with E-state index in [1.807, 2.05) is 0 Å². The topological polar surface area (TPSA) is 88.7 Å². The molecule has 0 fully saturated rings. The predicted octanol–water partition coefficient (Wildman–Crippen LogP) is 3.97. The zero-order valence-corrected chi connectivity index (χ0v) is 17.2. The zero-order valence-electron chi connectivity index (χ0n) is 16.4. The lowest BCUT2D eigenvalue weighted by molar-refractivity contribution is -0.325. The van der Waals surface area contributed by atoms with Gasteiger partial charge in [-0.05, 0) is 36.4 Å². The van der Waals surface area contributed by atoms with Crippen molar-refractivity contribution in [3.63, 3.8) is 0 Å². The van der Waals surface area contributed by atoms with Crippen molar-refractivity contribution in [3.8, 4) is 0 Å². The van der Waals surface area contributed by atoms with E-state index in [1.165, 1.54) is 29.1 Å². The third-order valence-electron chi connectivity index (χ3n) is 4.42. The first-order valence-electron chi connectivity index (χ1n) is 9.24. The number of alkyl halides is 3. The molecule has 166 valence electrons. The van der Waals surface area contributed by atoms with Gasteiger partial charge in [0.15, 0.2) is 5.82 Å². The highest BCUT2D eigenvalue weighted by Gasteiger charge is 2.41. The summed E-state index contributed by atoms with van der Waals surface area (Å²) in [5.74, 6) is 0.386.